The van der Waals surface area contributed by atoms with Crippen LogP contribution in [0.2, 0.25) is 0 Å². The second-order valence-electron chi connectivity index (χ2n) is 6.57. The fraction of sp³-hybridized carbons (Fsp3) is 0.611. The zero-order chi connectivity index (χ0) is 15.2. The van der Waals surface area contributed by atoms with Crippen LogP contribution in [-0.2, 0) is 11.2 Å². The Morgan fingerprint density at radius 1 is 1.29 bits per heavy atom. The van der Waals surface area contributed by atoms with Crippen molar-refractivity contribution in [2.24, 2.45) is 5.92 Å². The van der Waals surface area contributed by atoms with Crippen molar-refractivity contribution in [2.75, 3.05) is 6.54 Å². The van der Waals surface area contributed by atoms with Crippen molar-refractivity contribution in [1.29, 1.82) is 0 Å². The van der Waals surface area contributed by atoms with E-state index in [9.17, 15) is 4.79 Å². The van der Waals surface area contributed by atoms with Gasteiger partial charge in [0.1, 0.15) is 6.04 Å². The molecule has 116 valence electrons. The molecule has 0 aromatic heterocycles. The van der Waals surface area contributed by atoms with Crippen LogP contribution >= 0.6 is 0 Å². The van der Waals surface area contributed by atoms with Gasteiger partial charge in [0.2, 0.25) is 5.91 Å². The molecule has 2 rings (SSSR count). The Bertz CT molecular complexity index is 470. The van der Waals surface area contributed by atoms with E-state index in [1.165, 1.54) is 18.4 Å². The van der Waals surface area contributed by atoms with Gasteiger partial charge in [-0.25, -0.2) is 0 Å². The van der Waals surface area contributed by atoms with Gasteiger partial charge < -0.3 is 10.6 Å². The third-order valence-corrected chi connectivity index (χ3v) is 4.18. The number of hydrogen-bond donors (Lipinski definition) is 2. The largest absolute Gasteiger partial charge is 0.352 e. The van der Waals surface area contributed by atoms with Gasteiger partial charge in [-0.2, -0.15) is 0 Å². The second-order valence-corrected chi connectivity index (χ2v) is 6.57. The van der Waals surface area contributed by atoms with Crippen LogP contribution in [0.25, 0.3) is 0 Å². The lowest BCUT2D eigenvalue weighted by Crippen LogP contribution is -2.44. The molecule has 2 N–H and O–H groups in total. The topological polar surface area (TPSA) is 41.1 Å². The lowest BCUT2D eigenvalue weighted by molar-refractivity contribution is -0.124. The van der Waals surface area contributed by atoms with Gasteiger partial charge in [-0.1, -0.05) is 51.0 Å². The van der Waals surface area contributed by atoms with Gasteiger partial charge in [0.15, 0.2) is 0 Å². The summed E-state index contributed by atoms with van der Waals surface area (Å²) in [5.41, 5.74) is 2.43. The molecule has 1 aliphatic heterocycles. The molecule has 3 nitrogen and oxygen atoms in total. The number of carbonyl (C=O) groups is 1. The van der Waals surface area contributed by atoms with E-state index in [0.29, 0.717) is 0 Å². The highest BCUT2D eigenvalue weighted by molar-refractivity contribution is 5.84. The van der Waals surface area contributed by atoms with Crippen LogP contribution in [0.15, 0.2) is 24.3 Å². The van der Waals surface area contributed by atoms with E-state index in [2.05, 4.69) is 43.5 Å². The summed E-state index contributed by atoms with van der Waals surface area (Å²) in [6.45, 7) is 7.46. The number of benzene rings is 1. The monoisotopic (exact) mass is 288 g/mol. The number of nitrogens with one attached hydrogen (secondary N) is 2. The Hall–Kier alpha value is -1.35. The van der Waals surface area contributed by atoms with E-state index < -0.39 is 0 Å². The standard InChI is InChI=1S/C18H28N2O/c1-13(2)7-6-8-14(3)20-18(21)17-16-10-5-4-9-15(16)11-12-19-17/h4-5,9-10,13-14,17,19H,6-8,11-12H2,1-3H3,(H,20,21). The summed E-state index contributed by atoms with van der Waals surface area (Å²) >= 11 is 0. The molecule has 3 heteroatoms. The summed E-state index contributed by atoms with van der Waals surface area (Å²) in [5, 5.41) is 6.51. The number of carbonyl (C=O) groups excluding carboxylic acids is 1. The van der Waals surface area contributed by atoms with Crippen LogP contribution in [0.5, 0.6) is 0 Å². The average molecular weight is 288 g/mol. The minimum Gasteiger partial charge on any atom is -0.352 e. The highest BCUT2D eigenvalue weighted by Crippen LogP contribution is 2.23. The maximum absolute atomic E-state index is 12.5. The van der Waals surface area contributed by atoms with Crippen LogP contribution < -0.4 is 10.6 Å². The Morgan fingerprint density at radius 3 is 2.81 bits per heavy atom. The summed E-state index contributed by atoms with van der Waals surface area (Å²) in [6, 6.07) is 8.30. The number of amides is 1. The zero-order valence-electron chi connectivity index (χ0n) is 13.5. The first-order valence-electron chi connectivity index (χ1n) is 8.19. The van der Waals surface area contributed by atoms with Crippen molar-refractivity contribution >= 4 is 5.91 Å². The molecule has 1 amide bonds. The third kappa shape index (κ3) is 4.57. The Morgan fingerprint density at radius 2 is 2.05 bits per heavy atom. The summed E-state index contributed by atoms with van der Waals surface area (Å²) in [4.78, 5) is 12.5. The quantitative estimate of drug-likeness (QED) is 0.844. The summed E-state index contributed by atoms with van der Waals surface area (Å²) in [5.74, 6) is 0.846. The first-order chi connectivity index (χ1) is 10.1. The molecular formula is C18H28N2O. The average Bonchev–Trinajstić information content (AvgIpc) is 2.46. The number of hydrogen-bond acceptors (Lipinski definition) is 2. The first kappa shape index (κ1) is 16.0. The molecule has 1 aromatic carbocycles. The minimum atomic E-state index is -0.192. The fourth-order valence-electron chi connectivity index (χ4n) is 2.97. The van der Waals surface area contributed by atoms with Crippen molar-refractivity contribution in [3.8, 4) is 0 Å². The van der Waals surface area contributed by atoms with Gasteiger partial charge in [0.25, 0.3) is 0 Å². The lowest BCUT2D eigenvalue weighted by atomic mass is 9.93. The smallest absolute Gasteiger partial charge is 0.241 e. The SMILES string of the molecule is CC(C)CCCC(C)NC(=O)C1NCCc2ccccc21. The van der Waals surface area contributed by atoms with E-state index in [1.54, 1.807) is 0 Å². The van der Waals surface area contributed by atoms with Gasteiger partial charge in [-0.3, -0.25) is 4.79 Å². The molecule has 0 saturated carbocycles. The molecule has 1 aromatic rings. The molecule has 0 fully saturated rings. The Labute approximate surface area is 128 Å². The van der Waals surface area contributed by atoms with Gasteiger partial charge >= 0.3 is 0 Å². The van der Waals surface area contributed by atoms with Crippen LogP contribution in [0, 0.1) is 5.92 Å². The van der Waals surface area contributed by atoms with E-state index in [1.807, 2.05) is 12.1 Å². The molecule has 0 radical (unpaired) electrons. The van der Waals surface area contributed by atoms with Crippen molar-refractivity contribution in [3.05, 3.63) is 35.4 Å². The van der Waals surface area contributed by atoms with Crippen molar-refractivity contribution in [2.45, 2.75) is 58.5 Å². The first-order valence-corrected chi connectivity index (χ1v) is 8.19. The van der Waals surface area contributed by atoms with Crippen LogP contribution in [0.4, 0.5) is 0 Å². The van der Waals surface area contributed by atoms with Gasteiger partial charge in [0.05, 0.1) is 0 Å². The maximum Gasteiger partial charge on any atom is 0.241 e. The predicted molar refractivity (Wildman–Crippen MR) is 87.2 cm³/mol. The van der Waals surface area contributed by atoms with Gasteiger partial charge in [-0.05, 0) is 36.8 Å². The highest BCUT2D eigenvalue weighted by Gasteiger charge is 2.26. The fourth-order valence-corrected chi connectivity index (χ4v) is 2.97. The summed E-state index contributed by atoms with van der Waals surface area (Å²) in [7, 11) is 0. The molecule has 2 atom stereocenters. The molecule has 0 bridgehead atoms. The molecule has 0 saturated heterocycles. The highest BCUT2D eigenvalue weighted by atomic mass is 16.2. The summed E-state index contributed by atoms with van der Waals surface area (Å²) in [6.07, 6.45) is 4.46. The molecule has 1 aliphatic rings. The molecule has 21 heavy (non-hydrogen) atoms. The van der Waals surface area contributed by atoms with Crippen LogP contribution in [-0.4, -0.2) is 18.5 Å². The maximum atomic E-state index is 12.5. The predicted octanol–water partition coefficient (Wildman–Crippen LogP) is 3.20. The minimum absolute atomic E-state index is 0.110. The zero-order valence-corrected chi connectivity index (χ0v) is 13.5. The summed E-state index contributed by atoms with van der Waals surface area (Å²) < 4.78 is 0. The van der Waals surface area contributed by atoms with Gasteiger partial charge in [-0.15, -0.1) is 0 Å². The number of rotatable bonds is 6. The molecule has 0 aliphatic carbocycles. The van der Waals surface area contributed by atoms with Gasteiger partial charge in [0, 0.05) is 12.6 Å². The van der Waals surface area contributed by atoms with Crippen LogP contribution in [0.1, 0.15) is 57.2 Å². The Kier molecular flexibility index (Phi) is 5.80. The molecular weight excluding hydrogens is 260 g/mol. The second kappa shape index (κ2) is 7.60. The van der Waals surface area contributed by atoms with E-state index in [4.69, 9.17) is 0 Å². The number of fused-ring (bicyclic) bond motifs is 1. The van der Waals surface area contributed by atoms with E-state index in [-0.39, 0.29) is 18.0 Å². The van der Waals surface area contributed by atoms with E-state index in [0.717, 1.165) is 30.9 Å². The third-order valence-electron chi connectivity index (χ3n) is 4.18. The van der Waals surface area contributed by atoms with Crippen molar-refractivity contribution < 1.29 is 4.79 Å². The lowest BCUT2D eigenvalue weighted by Gasteiger charge is -2.27. The van der Waals surface area contributed by atoms with Crippen molar-refractivity contribution in [1.82, 2.24) is 10.6 Å². The molecule has 1 heterocycles. The Balaban J connectivity index is 1.89. The normalized spacial score (nSPS) is 19.1. The molecule has 0 spiro atoms. The van der Waals surface area contributed by atoms with Crippen molar-refractivity contribution in [3.63, 3.8) is 0 Å². The molecule has 2 unspecified atom stereocenters. The van der Waals surface area contributed by atoms with Crippen LogP contribution in [0.3, 0.4) is 0 Å². The van der Waals surface area contributed by atoms with E-state index >= 15 is 0 Å².